The van der Waals surface area contributed by atoms with E-state index in [1.54, 1.807) is 4.90 Å². The first-order valence-corrected chi connectivity index (χ1v) is 10.9. The second-order valence-electron chi connectivity index (χ2n) is 7.74. The third-order valence-electron chi connectivity index (χ3n) is 5.63. The summed E-state index contributed by atoms with van der Waals surface area (Å²) >= 11 is 5.96. The molecule has 1 aliphatic rings. The van der Waals surface area contributed by atoms with Gasteiger partial charge in [0.1, 0.15) is 11.9 Å². The Morgan fingerprint density at radius 2 is 1.69 bits per heavy atom. The van der Waals surface area contributed by atoms with Crippen LogP contribution in [0.1, 0.15) is 54.8 Å². The van der Waals surface area contributed by atoms with Crippen molar-refractivity contribution in [1.29, 1.82) is 0 Å². The number of amides is 2. The highest BCUT2D eigenvalue weighted by Gasteiger charge is 2.33. The number of halogens is 1. The standard InChI is InChI=1S/C24H29ClN2O2/c1-18-10-8-9-15-21(18)23(24(29)26-20-13-6-3-7-14-20)27(22(28)16-25)17-19-11-4-2-5-12-19/h2,4-5,8-12,15,20,23H,3,6-7,13-14,16-17H2,1H3,(H,26,29)/t23-/m0/s1. The third kappa shape index (κ3) is 5.60. The summed E-state index contributed by atoms with van der Waals surface area (Å²) in [5, 5.41) is 3.21. The molecule has 1 fully saturated rings. The Labute approximate surface area is 178 Å². The number of hydrogen-bond acceptors (Lipinski definition) is 2. The number of carbonyl (C=O) groups is 2. The van der Waals surface area contributed by atoms with E-state index in [0.717, 1.165) is 42.4 Å². The van der Waals surface area contributed by atoms with Crippen LogP contribution in [0, 0.1) is 6.92 Å². The number of nitrogens with zero attached hydrogens (tertiary/aromatic N) is 1. The van der Waals surface area contributed by atoms with Crippen molar-refractivity contribution in [2.45, 2.75) is 57.7 Å². The molecular weight excluding hydrogens is 384 g/mol. The van der Waals surface area contributed by atoms with Crippen LogP contribution in [0.4, 0.5) is 0 Å². The number of alkyl halides is 1. The topological polar surface area (TPSA) is 49.4 Å². The lowest BCUT2D eigenvalue weighted by Crippen LogP contribution is -2.47. The Kier molecular flexibility index (Phi) is 7.70. The Hall–Kier alpha value is -2.33. The van der Waals surface area contributed by atoms with Crippen molar-refractivity contribution in [3.8, 4) is 0 Å². The van der Waals surface area contributed by atoms with Crippen LogP contribution in [0.2, 0.25) is 0 Å². The molecule has 1 saturated carbocycles. The van der Waals surface area contributed by atoms with Crippen LogP contribution < -0.4 is 5.32 Å². The molecule has 0 radical (unpaired) electrons. The second-order valence-corrected chi connectivity index (χ2v) is 8.01. The van der Waals surface area contributed by atoms with Crippen LogP contribution in [0.25, 0.3) is 0 Å². The Morgan fingerprint density at radius 1 is 1.03 bits per heavy atom. The molecule has 2 aromatic carbocycles. The van der Waals surface area contributed by atoms with E-state index in [-0.39, 0.29) is 23.7 Å². The maximum absolute atomic E-state index is 13.5. The molecule has 0 aromatic heterocycles. The Morgan fingerprint density at radius 3 is 2.34 bits per heavy atom. The average molecular weight is 413 g/mol. The number of carbonyl (C=O) groups excluding carboxylic acids is 2. The molecule has 0 aliphatic heterocycles. The monoisotopic (exact) mass is 412 g/mol. The highest BCUT2D eigenvalue weighted by atomic mass is 35.5. The number of nitrogens with one attached hydrogen (secondary N) is 1. The molecule has 1 N–H and O–H groups in total. The average Bonchev–Trinajstić information content (AvgIpc) is 2.75. The van der Waals surface area contributed by atoms with Crippen molar-refractivity contribution < 1.29 is 9.59 Å². The molecule has 2 aromatic rings. The molecule has 0 bridgehead atoms. The number of aryl methyl sites for hydroxylation is 1. The molecule has 0 spiro atoms. The summed E-state index contributed by atoms with van der Waals surface area (Å²) < 4.78 is 0. The van der Waals surface area contributed by atoms with Crippen molar-refractivity contribution in [3.63, 3.8) is 0 Å². The van der Waals surface area contributed by atoms with E-state index in [0.29, 0.717) is 6.54 Å². The lowest BCUT2D eigenvalue weighted by Gasteiger charge is -2.34. The molecule has 4 nitrogen and oxygen atoms in total. The predicted octanol–water partition coefficient (Wildman–Crippen LogP) is 4.75. The van der Waals surface area contributed by atoms with Gasteiger partial charge in [0, 0.05) is 12.6 Å². The highest BCUT2D eigenvalue weighted by molar-refractivity contribution is 6.27. The van der Waals surface area contributed by atoms with Crippen molar-refractivity contribution in [2.75, 3.05) is 5.88 Å². The lowest BCUT2D eigenvalue weighted by molar-refractivity contribution is -0.140. The first-order valence-electron chi connectivity index (χ1n) is 10.4. The largest absolute Gasteiger partial charge is 0.351 e. The molecule has 5 heteroatoms. The van der Waals surface area contributed by atoms with Gasteiger partial charge in [-0.25, -0.2) is 0 Å². The van der Waals surface area contributed by atoms with Gasteiger partial charge in [-0.05, 0) is 36.5 Å². The molecular formula is C24H29ClN2O2. The van der Waals surface area contributed by atoms with Gasteiger partial charge in [-0.1, -0.05) is 73.9 Å². The smallest absolute Gasteiger partial charge is 0.247 e. The van der Waals surface area contributed by atoms with Gasteiger partial charge in [0.05, 0.1) is 0 Å². The Balaban J connectivity index is 1.95. The maximum Gasteiger partial charge on any atom is 0.247 e. The van der Waals surface area contributed by atoms with Gasteiger partial charge in [0.15, 0.2) is 0 Å². The molecule has 3 rings (SSSR count). The summed E-state index contributed by atoms with van der Waals surface area (Å²) in [7, 11) is 0. The third-order valence-corrected chi connectivity index (χ3v) is 5.85. The van der Waals surface area contributed by atoms with E-state index < -0.39 is 6.04 Å². The van der Waals surface area contributed by atoms with Gasteiger partial charge < -0.3 is 10.2 Å². The SMILES string of the molecule is Cc1ccccc1[C@@H](C(=O)NC1CCCCC1)N(Cc1ccccc1)C(=O)CCl. The van der Waals surface area contributed by atoms with Crippen LogP contribution in [0.3, 0.4) is 0 Å². The van der Waals surface area contributed by atoms with E-state index in [9.17, 15) is 9.59 Å². The van der Waals surface area contributed by atoms with Gasteiger partial charge >= 0.3 is 0 Å². The molecule has 0 saturated heterocycles. The fraction of sp³-hybridized carbons (Fsp3) is 0.417. The summed E-state index contributed by atoms with van der Waals surface area (Å²) in [6.45, 7) is 2.31. The fourth-order valence-corrected chi connectivity index (χ4v) is 4.21. The summed E-state index contributed by atoms with van der Waals surface area (Å²) in [6, 6.07) is 17.0. The zero-order chi connectivity index (χ0) is 20.6. The van der Waals surface area contributed by atoms with Gasteiger partial charge in [-0.15, -0.1) is 11.6 Å². The molecule has 29 heavy (non-hydrogen) atoms. The summed E-state index contributed by atoms with van der Waals surface area (Å²) in [4.78, 5) is 27.9. The maximum atomic E-state index is 13.5. The van der Waals surface area contributed by atoms with E-state index in [2.05, 4.69) is 5.32 Å². The van der Waals surface area contributed by atoms with E-state index in [1.807, 2.05) is 61.5 Å². The van der Waals surface area contributed by atoms with Gasteiger partial charge in [0.25, 0.3) is 0 Å². The summed E-state index contributed by atoms with van der Waals surface area (Å²) in [5.74, 6) is -0.533. The number of benzene rings is 2. The molecule has 154 valence electrons. The van der Waals surface area contributed by atoms with Crippen LogP contribution in [-0.2, 0) is 16.1 Å². The first kappa shape index (κ1) is 21.4. The minimum atomic E-state index is -0.704. The predicted molar refractivity (Wildman–Crippen MR) is 117 cm³/mol. The number of rotatable bonds is 7. The van der Waals surface area contributed by atoms with E-state index >= 15 is 0 Å². The van der Waals surface area contributed by atoms with Crippen LogP contribution in [0.5, 0.6) is 0 Å². The molecule has 2 amide bonds. The minimum Gasteiger partial charge on any atom is -0.351 e. The molecule has 1 aliphatic carbocycles. The normalized spacial score (nSPS) is 15.5. The fourth-order valence-electron chi connectivity index (χ4n) is 4.05. The van der Waals surface area contributed by atoms with Crippen LogP contribution in [0.15, 0.2) is 54.6 Å². The van der Waals surface area contributed by atoms with Crippen molar-refractivity contribution in [1.82, 2.24) is 10.2 Å². The van der Waals surface area contributed by atoms with Crippen molar-refractivity contribution in [2.24, 2.45) is 0 Å². The molecule has 0 unspecified atom stereocenters. The van der Waals surface area contributed by atoms with E-state index in [4.69, 9.17) is 11.6 Å². The first-order chi connectivity index (χ1) is 14.1. The number of hydrogen-bond donors (Lipinski definition) is 1. The molecule has 0 heterocycles. The Bertz CT molecular complexity index is 819. The van der Waals surface area contributed by atoms with Crippen LogP contribution >= 0.6 is 11.6 Å². The minimum absolute atomic E-state index is 0.124. The summed E-state index contributed by atoms with van der Waals surface area (Å²) in [6.07, 6.45) is 5.48. The van der Waals surface area contributed by atoms with Crippen molar-refractivity contribution in [3.05, 3.63) is 71.3 Å². The van der Waals surface area contributed by atoms with Crippen LogP contribution in [-0.4, -0.2) is 28.6 Å². The van der Waals surface area contributed by atoms with Crippen molar-refractivity contribution >= 4 is 23.4 Å². The zero-order valence-electron chi connectivity index (χ0n) is 16.9. The lowest BCUT2D eigenvalue weighted by atomic mass is 9.94. The van der Waals surface area contributed by atoms with Gasteiger partial charge in [-0.2, -0.15) is 0 Å². The zero-order valence-corrected chi connectivity index (χ0v) is 17.7. The molecule has 1 atom stereocenters. The highest BCUT2D eigenvalue weighted by Crippen LogP contribution is 2.28. The van der Waals surface area contributed by atoms with E-state index in [1.165, 1.54) is 6.42 Å². The second kappa shape index (κ2) is 10.4. The van der Waals surface area contributed by atoms with Gasteiger partial charge in [0.2, 0.25) is 11.8 Å². The van der Waals surface area contributed by atoms with Gasteiger partial charge in [-0.3, -0.25) is 9.59 Å². The summed E-state index contributed by atoms with van der Waals surface area (Å²) in [5.41, 5.74) is 2.79. The quantitative estimate of drug-likeness (QED) is 0.667.